The van der Waals surface area contributed by atoms with Crippen molar-refractivity contribution in [1.29, 1.82) is 0 Å². The zero-order valence-electron chi connectivity index (χ0n) is 13.0. The van der Waals surface area contributed by atoms with Gasteiger partial charge in [0.15, 0.2) is 0 Å². The van der Waals surface area contributed by atoms with Gasteiger partial charge >= 0.3 is 18.0 Å². The van der Waals surface area contributed by atoms with Crippen molar-refractivity contribution in [1.82, 2.24) is 4.90 Å². The quantitative estimate of drug-likeness (QED) is 0.631. The van der Waals surface area contributed by atoms with Gasteiger partial charge < -0.3 is 14.6 Å². The molecule has 7 heteroatoms. The summed E-state index contributed by atoms with van der Waals surface area (Å²) in [4.78, 5) is 36.3. The van der Waals surface area contributed by atoms with E-state index in [2.05, 4.69) is 0 Å². The summed E-state index contributed by atoms with van der Waals surface area (Å²) in [7, 11) is 0. The van der Waals surface area contributed by atoms with Crippen LogP contribution in [0.3, 0.4) is 0 Å². The number of aliphatic carboxylic acids is 1. The highest BCUT2D eigenvalue weighted by Gasteiger charge is 2.48. The molecule has 1 N–H and O–H groups in total. The van der Waals surface area contributed by atoms with E-state index in [-0.39, 0.29) is 18.4 Å². The molecular formula is C15H23NO6. The summed E-state index contributed by atoms with van der Waals surface area (Å²) in [5.74, 6) is -1.26. The van der Waals surface area contributed by atoms with Crippen LogP contribution in [0.1, 0.15) is 52.4 Å². The van der Waals surface area contributed by atoms with E-state index in [0.29, 0.717) is 6.42 Å². The van der Waals surface area contributed by atoms with E-state index in [0.717, 1.165) is 25.7 Å². The number of hydrogen-bond donors (Lipinski definition) is 1. The van der Waals surface area contributed by atoms with Crippen LogP contribution in [-0.2, 0) is 19.1 Å². The van der Waals surface area contributed by atoms with E-state index >= 15 is 0 Å². The van der Waals surface area contributed by atoms with E-state index in [1.807, 2.05) is 0 Å². The predicted molar refractivity (Wildman–Crippen MR) is 76.0 cm³/mol. The Morgan fingerprint density at radius 3 is 2.55 bits per heavy atom. The zero-order valence-corrected chi connectivity index (χ0v) is 13.0. The van der Waals surface area contributed by atoms with Crippen LogP contribution in [0.25, 0.3) is 0 Å². The molecule has 0 unspecified atom stereocenters. The second kappa shape index (κ2) is 6.98. The van der Waals surface area contributed by atoms with Crippen LogP contribution in [0, 0.1) is 5.92 Å². The van der Waals surface area contributed by atoms with Crippen LogP contribution >= 0.6 is 0 Å². The topological polar surface area (TPSA) is 93.1 Å². The van der Waals surface area contributed by atoms with Crippen LogP contribution in [0.4, 0.5) is 4.79 Å². The SMILES string of the molecule is CCC(=O)O[C@H](C)OC(=O)N1[C@H](C(=O)O)C[C@@H]2CCCC[C@@H]21. The molecule has 4 atom stereocenters. The molecule has 0 aromatic carbocycles. The normalized spacial score (nSPS) is 28.6. The average molecular weight is 313 g/mol. The number of carbonyl (C=O) groups is 3. The van der Waals surface area contributed by atoms with Crippen LogP contribution in [0.15, 0.2) is 0 Å². The third-order valence-electron chi connectivity index (χ3n) is 4.44. The fourth-order valence-electron chi connectivity index (χ4n) is 3.44. The van der Waals surface area contributed by atoms with Gasteiger partial charge in [-0.2, -0.15) is 0 Å². The first-order valence-electron chi connectivity index (χ1n) is 7.85. The number of hydrogen-bond acceptors (Lipinski definition) is 5. The molecule has 1 heterocycles. The summed E-state index contributed by atoms with van der Waals surface area (Å²) in [6, 6.07) is -0.939. The van der Waals surface area contributed by atoms with Crippen molar-refractivity contribution in [3.63, 3.8) is 0 Å². The van der Waals surface area contributed by atoms with Gasteiger partial charge in [0.25, 0.3) is 0 Å². The van der Waals surface area contributed by atoms with Gasteiger partial charge in [-0.15, -0.1) is 0 Å². The number of esters is 1. The minimum atomic E-state index is -1.02. The lowest BCUT2D eigenvalue weighted by Crippen LogP contribution is -2.47. The number of nitrogens with zero attached hydrogens (tertiary/aromatic N) is 1. The fourth-order valence-corrected chi connectivity index (χ4v) is 3.44. The molecule has 1 amide bonds. The van der Waals surface area contributed by atoms with Crippen molar-refractivity contribution in [3.8, 4) is 0 Å². The molecule has 0 aromatic heterocycles. The highest BCUT2D eigenvalue weighted by atomic mass is 16.7. The van der Waals surface area contributed by atoms with Crippen LogP contribution < -0.4 is 0 Å². The maximum atomic E-state index is 12.3. The summed E-state index contributed by atoms with van der Waals surface area (Å²) >= 11 is 0. The standard InChI is InChI=1S/C15H23NO6/c1-3-13(17)21-9(2)22-15(20)16-11-7-5-4-6-10(11)8-12(16)14(18)19/h9-12H,3-8H2,1-2H3,(H,18,19)/t9-,10-,11-,12-/m0/s1. The van der Waals surface area contributed by atoms with Crippen LogP contribution in [-0.4, -0.2) is 46.4 Å². The molecule has 7 nitrogen and oxygen atoms in total. The average Bonchev–Trinajstić information content (AvgIpc) is 2.86. The third-order valence-corrected chi connectivity index (χ3v) is 4.44. The summed E-state index contributed by atoms with van der Waals surface area (Å²) in [6.07, 6.45) is 2.73. The Balaban J connectivity index is 2.04. The number of fused-ring (bicyclic) bond motifs is 1. The monoisotopic (exact) mass is 313 g/mol. The van der Waals surface area contributed by atoms with Crippen LogP contribution in [0.2, 0.25) is 0 Å². The van der Waals surface area contributed by atoms with Gasteiger partial charge in [0.2, 0.25) is 6.29 Å². The first kappa shape index (κ1) is 16.6. The summed E-state index contributed by atoms with van der Waals surface area (Å²) in [5, 5.41) is 9.36. The van der Waals surface area contributed by atoms with Crippen molar-refractivity contribution in [2.75, 3.05) is 0 Å². The molecule has 0 bridgehead atoms. The van der Waals surface area contributed by atoms with E-state index < -0.39 is 30.4 Å². The number of likely N-dealkylation sites (tertiary alicyclic amines) is 1. The highest BCUT2D eigenvalue weighted by molar-refractivity contribution is 5.81. The smallest absolute Gasteiger partial charge is 0.413 e. The van der Waals surface area contributed by atoms with Gasteiger partial charge in [-0.25, -0.2) is 9.59 Å². The Kier molecular flexibility index (Phi) is 5.26. The molecule has 1 aliphatic heterocycles. The van der Waals surface area contributed by atoms with Crippen molar-refractivity contribution in [3.05, 3.63) is 0 Å². The molecule has 124 valence electrons. The Bertz CT molecular complexity index is 451. The Labute approximate surface area is 129 Å². The lowest BCUT2D eigenvalue weighted by molar-refractivity contribution is -0.167. The fraction of sp³-hybridized carbons (Fsp3) is 0.800. The first-order valence-corrected chi connectivity index (χ1v) is 7.85. The number of rotatable bonds is 4. The Hall–Kier alpha value is -1.79. The number of carboxylic acids is 1. The van der Waals surface area contributed by atoms with Gasteiger partial charge in [0.1, 0.15) is 6.04 Å². The molecular weight excluding hydrogens is 290 g/mol. The molecule has 2 aliphatic rings. The molecule has 22 heavy (non-hydrogen) atoms. The second-order valence-electron chi connectivity index (χ2n) is 5.90. The molecule has 0 radical (unpaired) electrons. The lowest BCUT2D eigenvalue weighted by atomic mass is 9.85. The van der Waals surface area contributed by atoms with Gasteiger partial charge in [0.05, 0.1) is 0 Å². The molecule has 2 rings (SSSR count). The maximum absolute atomic E-state index is 12.3. The van der Waals surface area contributed by atoms with Crippen LogP contribution in [0.5, 0.6) is 0 Å². The molecule has 1 saturated carbocycles. The number of carbonyl (C=O) groups excluding carboxylic acids is 2. The number of carboxylic acid groups (broad SMARTS) is 1. The van der Waals surface area contributed by atoms with E-state index in [1.165, 1.54) is 11.8 Å². The van der Waals surface area contributed by atoms with E-state index in [4.69, 9.17) is 9.47 Å². The van der Waals surface area contributed by atoms with Gasteiger partial charge in [-0.3, -0.25) is 9.69 Å². The van der Waals surface area contributed by atoms with Crippen molar-refractivity contribution < 1.29 is 29.0 Å². The molecule has 1 aliphatic carbocycles. The molecule has 2 fully saturated rings. The summed E-state index contributed by atoms with van der Waals surface area (Å²) < 4.78 is 10.0. The number of amides is 1. The van der Waals surface area contributed by atoms with E-state index in [1.54, 1.807) is 6.92 Å². The largest absolute Gasteiger partial charge is 0.480 e. The van der Waals surface area contributed by atoms with Crippen molar-refractivity contribution in [2.45, 2.75) is 70.7 Å². The van der Waals surface area contributed by atoms with Crippen molar-refractivity contribution >= 4 is 18.0 Å². The zero-order chi connectivity index (χ0) is 16.3. The van der Waals surface area contributed by atoms with Crippen molar-refractivity contribution in [2.24, 2.45) is 5.92 Å². The van der Waals surface area contributed by atoms with E-state index in [9.17, 15) is 19.5 Å². The second-order valence-corrected chi connectivity index (χ2v) is 5.90. The number of ether oxygens (including phenoxy) is 2. The summed E-state index contributed by atoms with van der Waals surface area (Å²) in [6.45, 7) is 3.10. The minimum Gasteiger partial charge on any atom is -0.480 e. The molecule has 0 aromatic rings. The lowest BCUT2D eigenvalue weighted by Gasteiger charge is -2.32. The highest BCUT2D eigenvalue weighted by Crippen LogP contribution is 2.40. The Morgan fingerprint density at radius 1 is 1.23 bits per heavy atom. The predicted octanol–water partition coefficient (Wildman–Crippen LogP) is 2.14. The van der Waals surface area contributed by atoms with Gasteiger partial charge in [-0.05, 0) is 25.2 Å². The molecule has 0 spiro atoms. The van der Waals surface area contributed by atoms with Gasteiger partial charge in [-0.1, -0.05) is 19.8 Å². The first-order chi connectivity index (χ1) is 10.4. The maximum Gasteiger partial charge on any atom is 0.413 e. The third kappa shape index (κ3) is 3.51. The minimum absolute atomic E-state index is 0.0866. The molecule has 1 saturated heterocycles. The Morgan fingerprint density at radius 2 is 1.91 bits per heavy atom. The summed E-state index contributed by atoms with van der Waals surface area (Å²) in [5.41, 5.74) is 0. The van der Waals surface area contributed by atoms with Gasteiger partial charge in [0, 0.05) is 19.4 Å².